The molecule has 3 nitrogen and oxygen atoms in total. The first-order valence-electron chi connectivity index (χ1n) is 7.10. The van der Waals surface area contributed by atoms with Gasteiger partial charge in [-0.25, -0.2) is 0 Å². The van der Waals surface area contributed by atoms with Gasteiger partial charge in [0.1, 0.15) is 0 Å². The lowest BCUT2D eigenvalue weighted by atomic mass is 9.83. The van der Waals surface area contributed by atoms with Crippen LogP contribution in [0.1, 0.15) is 35.4 Å². The molecule has 1 aliphatic rings. The van der Waals surface area contributed by atoms with Gasteiger partial charge in [0.25, 0.3) is 0 Å². The van der Waals surface area contributed by atoms with E-state index in [0.717, 1.165) is 13.1 Å². The highest BCUT2D eigenvalue weighted by Crippen LogP contribution is 2.32. The van der Waals surface area contributed by atoms with E-state index in [0.29, 0.717) is 5.92 Å². The van der Waals surface area contributed by atoms with E-state index in [4.69, 9.17) is 0 Å². The van der Waals surface area contributed by atoms with Gasteiger partial charge < -0.3 is 5.32 Å². The lowest BCUT2D eigenvalue weighted by Gasteiger charge is -2.25. The molecule has 1 aliphatic carbocycles. The van der Waals surface area contributed by atoms with Gasteiger partial charge in [0.05, 0.1) is 6.20 Å². The molecule has 3 rings (SSSR count). The van der Waals surface area contributed by atoms with Crippen molar-refractivity contribution in [1.29, 1.82) is 0 Å². The molecule has 1 aromatic heterocycles. The van der Waals surface area contributed by atoms with Gasteiger partial charge in [-0.1, -0.05) is 24.3 Å². The predicted octanol–water partition coefficient (Wildman–Crippen LogP) is 2.72. The molecule has 0 aliphatic heterocycles. The third-order valence-corrected chi connectivity index (χ3v) is 3.97. The van der Waals surface area contributed by atoms with Crippen LogP contribution >= 0.6 is 0 Å². The van der Waals surface area contributed by atoms with Crippen molar-refractivity contribution in [3.63, 3.8) is 0 Å². The van der Waals surface area contributed by atoms with E-state index in [1.807, 2.05) is 13.2 Å². The summed E-state index contributed by atoms with van der Waals surface area (Å²) in [7, 11) is 1.97. The van der Waals surface area contributed by atoms with Crippen LogP contribution in [-0.2, 0) is 19.5 Å². The fourth-order valence-electron chi connectivity index (χ4n) is 3.07. The van der Waals surface area contributed by atoms with Crippen LogP contribution < -0.4 is 5.32 Å². The largest absolute Gasteiger partial charge is 0.316 e. The van der Waals surface area contributed by atoms with Gasteiger partial charge in [-0.05, 0) is 37.4 Å². The summed E-state index contributed by atoms with van der Waals surface area (Å²) < 4.78 is 2.10. The fraction of sp³-hybridized carbons (Fsp3) is 0.438. The third-order valence-electron chi connectivity index (χ3n) is 3.97. The summed E-state index contributed by atoms with van der Waals surface area (Å²) in [6, 6.07) is 8.88. The van der Waals surface area contributed by atoms with Crippen LogP contribution in [-0.4, -0.2) is 16.8 Å². The molecule has 0 amide bonds. The average Bonchev–Trinajstić information content (AvgIpc) is 2.87. The number of nitrogens with one attached hydrogen (secondary N) is 1. The van der Waals surface area contributed by atoms with Crippen molar-refractivity contribution in [2.45, 2.75) is 38.3 Å². The van der Waals surface area contributed by atoms with Gasteiger partial charge in [-0.3, -0.25) is 4.68 Å². The second-order valence-corrected chi connectivity index (χ2v) is 5.39. The predicted molar refractivity (Wildman–Crippen MR) is 77.1 cm³/mol. The topological polar surface area (TPSA) is 29.9 Å². The average molecular weight is 255 g/mol. The van der Waals surface area contributed by atoms with Crippen LogP contribution in [0.5, 0.6) is 0 Å². The minimum Gasteiger partial charge on any atom is -0.316 e. The Labute approximate surface area is 114 Å². The zero-order chi connectivity index (χ0) is 13.1. The Morgan fingerprint density at radius 2 is 2.26 bits per heavy atom. The molecule has 1 atom stereocenters. The Balaban J connectivity index is 1.76. The van der Waals surface area contributed by atoms with Gasteiger partial charge in [0.2, 0.25) is 0 Å². The van der Waals surface area contributed by atoms with Crippen LogP contribution in [0.3, 0.4) is 0 Å². The maximum absolute atomic E-state index is 4.48. The van der Waals surface area contributed by atoms with Crippen LogP contribution in [0.2, 0.25) is 0 Å². The number of aryl methyl sites for hydroxylation is 1. The second-order valence-electron chi connectivity index (χ2n) is 5.39. The first-order valence-corrected chi connectivity index (χ1v) is 7.10. The third kappa shape index (κ3) is 2.71. The monoisotopic (exact) mass is 255 g/mol. The Bertz CT molecular complexity index is 544. The highest BCUT2D eigenvalue weighted by atomic mass is 15.3. The number of nitrogens with zero attached hydrogens (tertiary/aromatic N) is 2. The number of hydrogen-bond donors (Lipinski definition) is 1. The molecule has 3 heteroatoms. The van der Waals surface area contributed by atoms with E-state index in [1.54, 1.807) is 0 Å². The summed E-state index contributed by atoms with van der Waals surface area (Å²) in [5.41, 5.74) is 4.31. The minimum absolute atomic E-state index is 0.618. The summed E-state index contributed by atoms with van der Waals surface area (Å²) >= 11 is 0. The molecular formula is C16H21N3. The first kappa shape index (κ1) is 12.4. The Morgan fingerprint density at radius 3 is 3.16 bits per heavy atom. The van der Waals surface area contributed by atoms with Crippen LogP contribution in [0.15, 0.2) is 36.7 Å². The zero-order valence-corrected chi connectivity index (χ0v) is 11.5. The zero-order valence-electron chi connectivity index (χ0n) is 11.5. The molecule has 1 N–H and O–H groups in total. The maximum atomic E-state index is 4.48. The molecule has 0 bridgehead atoms. The summed E-state index contributed by atoms with van der Waals surface area (Å²) in [5, 5.41) is 7.64. The molecule has 0 fully saturated rings. The van der Waals surface area contributed by atoms with E-state index >= 15 is 0 Å². The molecular weight excluding hydrogens is 234 g/mol. The van der Waals surface area contributed by atoms with Crippen molar-refractivity contribution in [2.75, 3.05) is 7.05 Å². The molecule has 0 saturated heterocycles. The molecule has 0 spiro atoms. The summed E-state index contributed by atoms with van der Waals surface area (Å²) in [5.74, 6) is 0.618. The van der Waals surface area contributed by atoms with Gasteiger partial charge >= 0.3 is 0 Å². The lowest BCUT2D eigenvalue weighted by molar-refractivity contribution is 0.457. The van der Waals surface area contributed by atoms with Gasteiger partial charge in [0.15, 0.2) is 0 Å². The Kier molecular flexibility index (Phi) is 3.65. The van der Waals surface area contributed by atoms with Crippen molar-refractivity contribution in [3.05, 3.63) is 53.3 Å². The van der Waals surface area contributed by atoms with Gasteiger partial charge in [-0.15, -0.1) is 0 Å². The quantitative estimate of drug-likeness (QED) is 0.910. The minimum atomic E-state index is 0.618. The second kappa shape index (κ2) is 5.57. The highest BCUT2D eigenvalue weighted by molar-refractivity contribution is 5.32. The lowest BCUT2D eigenvalue weighted by Crippen LogP contribution is -2.15. The normalized spacial score (nSPS) is 18.3. The van der Waals surface area contributed by atoms with Crippen molar-refractivity contribution in [2.24, 2.45) is 0 Å². The van der Waals surface area contributed by atoms with Crippen molar-refractivity contribution >= 4 is 0 Å². The summed E-state index contributed by atoms with van der Waals surface area (Å²) in [6.45, 7) is 1.89. The first-order chi connectivity index (χ1) is 9.36. The number of rotatable bonds is 4. The van der Waals surface area contributed by atoms with E-state index < -0.39 is 0 Å². The van der Waals surface area contributed by atoms with Crippen molar-refractivity contribution < 1.29 is 0 Å². The standard InChI is InChI=1S/C16H21N3/c1-17-9-13-10-18-19(11-13)12-15-7-4-6-14-5-2-3-8-16(14)15/h2-3,5,8,10-11,15,17H,4,6-7,9,12H2,1H3. The molecule has 1 heterocycles. The van der Waals surface area contributed by atoms with Crippen LogP contribution in [0.25, 0.3) is 0 Å². The molecule has 2 aromatic rings. The molecule has 19 heavy (non-hydrogen) atoms. The maximum Gasteiger partial charge on any atom is 0.0534 e. The fourth-order valence-corrected chi connectivity index (χ4v) is 3.07. The Hall–Kier alpha value is -1.61. The number of benzene rings is 1. The molecule has 1 aromatic carbocycles. The Morgan fingerprint density at radius 1 is 1.37 bits per heavy atom. The SMILES string of the molecule is CNCc1cnn(CC2CCCc3ccccc32)c1. The highest BCUT2D eigenvalue weighted by Gasteiger charge is 2.20. The number of aromatic nitrogens is 2. The molecule has 1 unspecified atom stereocenters. The van der Waals surface area contributed by atoms with E-state index in [1.165, 1.54) is 36.0 Å². The summed E-state index contributed by atoms with van der Waals surface area (Å²) in [4.78, 5) is 0. The van der Waals surface area contributed by atoms with Crippen LogP contribution in [0, 0.1) is 0 Å². The van der Waals surface area contributed by atoms with Crippen molar-refractivity contribution in [1.82, 2.24) is 15.1 Å². The smallest absolute Gasteiger partial charge is 0.0534 e. The van der Waals surface area contributed by atoms with E-state index in [-0.39, 0.29) is 0 Å². The summed E-state index contributed by atoms with van der Waals surface area (Å²) in [6.07, 6.45) is 7.93. The molecule has 100 valence electrons. The molecule has 0 saturated carbocycles. The number of hydrogen-bond acceptors (Lipinski definition) is 2. The van der Waals surface area contributed by atoms with Gasteiger partial charge in [-0.2, -0.15) is 5.10 Å². The van der Waals surface area contributed by atoms with Crippen molar-refractivity contribution in [3.8, 4) is 0 Å². The van der Waals surface area contributed by atoms with E-state index in [2.05, 4.69) is 45.6 Å². The van der Waals surface area contributed by atoms with Crippen LogP contribution in [0.4, 0.5) is 0 Å². The number of fused-ring (bicyclic) bond motifs is 1. The molecule has 0 radical (unpaired) electrons. The van der Waals surface area contributed by atoms with Gasteiger partial charge in [0, 0.05) is 30.8 Å². The van der Waals surface area contributed by atoms with E-state index in [9.17, 15) is 0 Å².